The van der Waals surface area contributed by atoms with Gasteiger partial charge in [-0.3, -0.25) is 4.90 Å². The summed E-state index contributed by atoms with van der Waals surface area (Å²) in [4.78, 5) is 2.59. The zero-order valence-electron chi connectivity index (χ0n) is 11.8. The summed E-state index contributed by atoms with van der Waals surface area (Å²) in [6.07, 6.45) is 3.83. The first-order valence-corrected chi connectivity index (χ1v) is 7.30. The molecule has 0 aliphatic carbocycles. The molecule has 1 aromatic carbocycles. The van der Waals surface area contributed by atoms with Crippen LogP contribution in [0.4, 0.5) is 0 Å². The van der Waals surface area contributed by atoms with Crippen LogP contribution in [0, 0.1) is 6.92 Å². The molecule has 100 valence electrons. The van der Waals surface area contributed by atoms with Crippen molar-refractivity contribution < 1.29 is 0 Å². The smallest absolute Gasteiger partial charge is 0.0236 e. The molecule has 0 amide bonds. The minimum atomic E-state index is 0.748. The number of rotatable bonds is 5. The van der Waals surface area contributed by atoms with Crippen LogP contribution in [0.25, 0.3) is 0 Å². The number of benzene rings is 1. The second-order valence-electron chi connectivity index (χ2n) is 5.43. The number of likely N-dealkylation sites (tertiary alicyclic amines) is 1. The number of hydrogen-bond acceptors (Lipinski definition) is 2. The third-order valence-electron chi connectivity index (χ3n) is 3.93. The predicted octanol–water partition coefficient (Wildman–Crippen LogP) is 2.96. The van der Waals surface area contributed by atoms with Crippen LogP contribution in [-0.2, 0) is 6.54 Å². The molecule has 0 atom stereocenters. The van der Waals surface area contributed by atoms with Crippen molar-refractivity contribution >= 4 is 0 Å². The van der Waals surface area contributed by atoms with Gasteiger partial charge in [0.05, 0.1) is 0 Å². The van der Waals surface area contributed by atoms with E-state index in [1.807, 2.05) is 0 Å². The van der Waals surface area contributed by atoms with Crippen molar-refractivity contribution in [3.8, 4) is 0 Å². The zero-order chi connectivity index (χ0) is 12.8. The monoisotopic (exact) mass is 246 g/mol. The molecule has 1 aliphatic heterocycles. The first-order valence-electron chi connectivity index (χ1n) is 7.30. The maximum Gasteiger partial charge on any atom is 0.0236 e. The Kier molecular flexibility index (Phi) is 5.21. The Balaban J connectivity index is 1.78. The average molecular weight is 246 g/mol. The van der Waals surface area contributed by atoms with Crippen molar-refractivity contribution in [1.29, 1.82) is 0 Å². The molecule has 2 heteroatoms. The highest BCUT2D eigenvalue weighted by molar-refractivity contribution is 5.25. The largest absolute Gasteiger partial charge is 0.314 e. The minimum Gasteiger partial charge on any atom is -0.314 e. The van der Waals surface area contributed by atoms with Gasteiger partial charge in [0.15, 0.2) is 0 Å². The summed E-state index contributed by atoms with van der Waals surface area (Å²) in [5, 5.41) is 3.64. The topological polar surface area (TPSA) is 15.3 Å². The van der Waals surface area contributed by atoms with Crippen molar-refractivity contribution in [2.24, 2.45) is 0 Å². The van der Waals surface area contributed by atoms with Crippen molar-refractivity contribution in [3.05, 3.63) is 35.4 Å². The summed E-state index contributed by atoms with van der Waals surface area (Å²) in [5.41, 5.74) is 2.90. The Morgan fingerprint density at radius 3 is 2.61 bits per heavy atom. The van der Waals surface area contributed by atoms with Crippen LogP contribution in [0.15, 0.2) is 24.3 Å². The van der Waals surface area contributed by atoms with Crippen LogP contribution in [0.2, 0.25) is 0 Å². The number of aryl methyl sites for hydroxylation is 1. The molecule has 18 heavy (non-hydrogen) atoms. The molecule has 0 aromatic heterocycles. The summed E-state index contributed by atoms with van der Waals surface area (Å²) in [5.74, 6) is 0. The van der Waals surface area contributed by atoms with Gasteiger partial charge in [0.2, 0.25) is 0 Å². The first-order chi connectivity index (χ1) is 8.79. The van der Waals surface area contributed by atoms with Crippen LogP contribution in [0.3, 0.4) is 0 Å². The molecule has 0 unspecified atom stereocenters. The van der Waals surface area contributed by atoms with Gasteiger partial charge in [0, 0.05) is 12.6 Å². The van der Waals surface area contributed by atoms with Gasteiger partial charge in [-0.1, -0.05) is 31.2 Å². The Bertz CT molecular complexity index is 354. The quantitative estimate of drug-likeness (QED) is 0.859. The normalized spacial score (nSPS) is 18.1. The summed E-state index contributed by atoms with van der Waals surface area (Å²) in [6, 6.07) is 9.50. The van der Waals surface area contributed by atoms with Gasteiger partial charge in [0.25, 0.3) is 0 Å². The lowest BCUT2D eigenvalue weighted by Gasteiger charge is -2.32. The first kappa shape index (κ1) is 13.6. The van der Waals surface area contributed by atoms with E-state index in [0.29, 0.717) is 0 Å². The Labute approximate surface area is 111 Å². The van der Waals surface area contributed by atoms with E-state index in [1.165, 1.54) is 50.0 Å². The zero-order valence-corrected chi connectivity index (χ0v) is 11.8. The van der Waals surface area contributed by atoms with E-state index in [0.717, 1.165) is 12.6 Å². The third kappa shape index (κ3) is 3.82. The van der Waals surface area contributed by atoms with Crippen LogP contribution < -0.4 is 5.32 Å². The van der Waals surface area contributed by atoms with Crippen molar-refractivity contribution in [2.75, 3.05) is 19.6 Å². The third-order valence-corrected chi connectivity index (χ3v) is 3.93. The highest BCUT2D eigenvalue weighted by Gasteiger charge is 2.18. The fourth-order valence-corrected chi connectivity index (χ4v) is 2.67. The van der Waals surface area contributed by atoms with Crippen molar-refractivity contribution in [2.45, 2.75) is 45.7 Å². The fourth-order valence-electron chi connectivity index (χ4n) is 2.67. The van der Waals surface area contributed by atoms with Crippen LogP contribution >= 0.6 is 0 Å². The van der Waals surface area contributed by atoms with Crippen molar-refractivity contribution in [1.82, 2.24) is 10.2 Å². The highest BCUT2D eigenvalue weighted by atomic mass is 15.1. The minimum absolute atomic E-state index is 0.748. The number of hydrogen-bond donors (Lipinski definition) is 1. The molecule has 1 aromatic rings. The van der Waals surface area contributed by atoms with E-state index in [4.69, 9.17) is 0 Å². The van der Waals surface area contributed by atoms with E-state index in [2.05, 4.69) is 48.3 Å². The second-order valence-corrected chi connectivity index (χ2v) is 5.43. The number of nitrogens with zero attached hydrogens (tertiary/aromatic N) is 1. The molecule has 0 spiro atoms. The standard InChI is InChI=1S/C16H26N2/c1-3-10-17-16-8-11-18(12-9-16)13-15-7-5-4-6-14(15)2/h4-7,16-17H,3,8-13H2,1-2H3. The lowest BCUT2D eigenvalue weighted by molar-refractivity contribution is 0.190. The van der Waals surface area contributed by atoms with Gasteiger partial charge in [0.1, 0.15) is 0 Å². The average Bonchev–Trinajstić information content (AvgIpc) is 2.41. The maximum absolute atomic E-state index is 3.64. The summed E-state index contributed by atoms with van der Waals surface area (Å²) in [6.45, 7) is 9.20. The summed E-state index contributed by atoms with van der Waals surface area (Å²) in [7, 11) is 0. The lowest BCUT2D eigenvalue weighted by Crippen LogP contribution is -2.42. The maximum atomic E-state index is 3.64. The lowest BCUT2D eigenvalue weighted by atomic mass is 10.0. The van der Waals surface area contributed by atoms with E-state index in [1.54, 1.807) is 0 Å². The number of nitrogens with one attached hydrogen (secondary N) is 1. The molecular formula is C16H26N2. The van der Waals surface area contributed by atoms with E-state index < -0.39 is 0 Å². The van der Waals surface area contributed by atoms with Gasteiger partial charge in [-0.05, 0) is 56.9 Å². The Morgan fingerprint density at radius 1 is 1.22 bits per heavy atom. The van der Waals surface area contributed by atoms with Gasteiger partial charge in [-0.2, -0.15) is 0 Å². The van der Waals surface area contributed by atoms with E-state index in [-0.39, 0.29) is 0 Å². The molecule has 1 N–H and O–H groups in total. The summed E-state index contributed by atoms with van der Waals surface area (Å²) >= 11 is 0. The van der Waals surface area contributed by atoms with Crippen molar-refractivity contribution in [3.63, 3.8) is 0 Å². The predicted molar refractivity (Wildman–Crippen MR) is 77.8 cm³/mol. The molecule has 1 heterocycles. The van der Waals surface area contributed by atoms with Gasteiger partial charge >= 0.3 is 0 Å². The number of piperidine rings is 1. The van der Waals surface area contributed by atoms with Gasteiger partial charge < -0.3 is 5.32 Å². The molecule has 0 saturated carbocycles. The molecule has 1 saturated heterocycles. The van der Waals surface area contributed by atoms with Crippen LogP contribution in [0.1, 0.15) is 37.3 Å². The summed E-state index contributed by atoms with van der Waals surface area (Å²) < 4.78 is 0. The molecule has 1 aliphatic rings. The van der Waals surface area contributed by atoms with E-state index in [9.17, 15) is 0 Å². The molecule has 0 bridgehead atoms. The fraction of sp³-hybridized carbons (Fsp3) is 0.625. The Morgan fingerprint density at radius 2 is 1.94 bits per heavy atom. The van der Waals surface area contributed by atoms with E-state index >= 15 is 0 Å². The Hall–Kier alpha value is -0.860. The molecular weight excluding hydrogens is 220 g/mol. The molecule has 1 fully saturated rings. The van der Waals surface area contributed by atoms with Crippen LogP contribution in [-0.4, -0.2) is 30.6 Å². The second kappa shape index (κ2) is 6.91. The molecule has 2 rings (SSSR count). The van der Waals surface area contributed by atoms with Gasteiger partial charge in [-0.25, -0.2) is 0 Å². The van der Waals surface area contributed by atoms with Gasteiger partial charge in [-0.15, -0.1) is 0 Å². The highest BCUT2D eigenvalue weighted by Crippen LogP contribution is 2.16. The molecule has 0 radical (unpaired) electrons. The SMILES string of the molecule is CCCNC1CCN(Cc2ccccc2C)CC1. The molecule has 2 nitrogen and oxygen atoms in total. The van der Waals surface area contributed by atoms with Crippen LogP contribution in [0.5, 0.6) is 0 Å².